The van der Waals surface area contributed by atoms with E-state index in [9.17, 15) is 9.59 Å². The van der Waals surface area contributed by atoms with Crippen LogP contribution < -0.4 is 10.9 Å². The number of carbonyl (C=O) groups is 1. The first-order chi connectivity index (χ1) is 15.3. The Bertz CT molecular complexity index is 1220. The maximum atomic E-state index is 13.8. The Kier molecular flexibility index (Phi) is 6.49. The number of hydrogen-bond acceptors (Lipinski definition) is 5. The Hall–Kier alpha value is -2.51. The highest BCUT2D eigenvalue weighted by Gasteiger charge is 2.27. The minimum atomic E-state index is -0.669. The van der Waals surface area contributed by atoms with E-state index >= 15 is 0 Å². The lowest BCUT2D eigenvalue weighted by molar-refractivity contribution is -0.119. The molecule has 0 saturated heterocycles. The summed E-state index contributed by atoms with van der Waals surface area (Å²) in [6, 6.07) is 5.36. The van der Waals surface area contributed by atoms with Gasteiger partial charge in [-0.15, -0.1) is 11.3 Å². The molecule has 1 amide bonds. The molecule has 32 heavy (non-hydrogen) atoms. The van der Waals surface area contributed by atoms with Crippen LogP contribution in [0.4, 0.5) is 5.69 Å². The van der Waals surface area contributed by atoms with Crippen molar-refractivity contribution in [3.63, 3.8) is 0 Å². The zero-order valence-electron chi connectivity index (χ0n) is 19.6. The van der Waals surface area contributed by atoms with Gasteiger partial charge >= 0.3 is 0 Å². The molecule has 0 saturated carbocycles. The molecule has 1 atom stereocenters. The molecule has 0 aliphatic heterocycles. The van der Waals surface area contributed by atoms with Gasteiger partial charge in [-0.2, -0.15) is 0 Å². The van der Waals surface area contributed by atoms with E-state index in [-0.39, 0.29) is 11.5 Å². The second kappa shape index (κ2) is 9.16. The molecule has 0 radical (unpaired) electrons. The fourth-order valence-corrected chi connectivity index (χ4v) is 5.87. The minimum Gasteiger partial charge on any atom is -0.324 e. The summed E-state index contributed by atoms with van der Waals surface area (Å²) in [7, 11) is 3.90. The molecule has 1 unspecified atom stereocenters. The van der Waals surface area contributed by atoms with Gasteiger partial charge in [-0.3, -0.25) is 14.2 Å². The van der Waals surface area contributed by atoms with Crippen LogP contribution in [-0.2, 0) is 30.6 Å². The summed E-state index contributed by atoms with van der Waals surface area (Å²) >= 11 is 1.65. The predicted octanol–water partition coefficient (Wildman–Crippen LogP) is 4.47. The maximum Gasteiger partial charge on any atom is 0.263 e. The van der Waals surface area contributed by atoms with E-state index in [1.807, 2.05) is 44.1 Å². The van der Waals surface area contributed by atoms with Crippen molar-refractivity contribution < 1.29 is 4.79 Å². The lowest BCUT2D eigenvalue weighted by Crippen LogP contribution is -2.36. The number of nitrogens with one attached hydrogen (secondary N) is 1. The van der Waals surface area contributed by atoms with Crippen LogP contribution in [0.25, 0.3) is 10.2 Å². The first-order valence-corrected chi connectivity index (χ1v) is 12.2. The number of amides is 1. The lowest BCUT2D eigenvalue weighted by Gasteiger charge is -2.22. The van der Waals surface area contributed by atoms with E-state index < -0.39 is 6.04 Å². The summed E-state index contributed by atoms with van der Waals surface area (Å²) in [5.74, 6) is 0.440. The normalized spacial score (nSPS) is 14.6. The summed E-state index contributed by atoms with van der Waals surface area (Å²) in [4.78, 5) is 36.1. The number of hydrogen-bond donors (Lipinski definition) is 1. The van der Waals surface area contributed by atoms with Crippen LogP contribution in [0.15, 0.2) is 23.0 Å². The average Bonchev–Trinajstić information content (AvgIpc) is 3.13. The molecule has 1 aliphatic rings. The summed E-state index contributed by atoms with van der Waals surface area (Å²) in [5, 5.41) is 3.82. The number of anilines is 1. The largest absolute Gasteiger partial charge is 0.324 e. The zero-order valence-corrected chi connectivity index (χ0v) is 20.4. The minimum absolute atomic E-state index is 0.0885. The monoisotopic (exact) mass is 452 g/mol. The number of carbonyl (C=O) groups excluding carboxylic acids is 1. The molecule has 6 nitrogen and oxygen atoms in total. The Labute approximate surface area is 193 Å². The summed E-state index contributed by atoms with van der Waals surface area (Å²) in [6.45, 7) is 6.36. The molecule has 2 aromatic heterocycles. The molecule has 3 aromatic rings. The van der Waals surface area contributed by atoms with E-state index in [0.29, 0.717) is 12.4 Å². The summed E-state index contributed by atoms with van der Waals surface area (Å²) in [5.41, 5.74) is 4.02. The van der Waals surface area contributed by atoms with Gasteiger partial charge in [-0.25, -0.2) is 4.98 Å². The van der Waals surface area contributed by atoms with Crippen molar-refractivity contribution in [3.8, 4) is 0 Å². The number of aryl methyl sites for hydroxylation is 4. The van der Waals surface area contributed by atoms with Gasteiger partial charge in [0.2, 0.25) is 5.91 Å². The van der Waals surface area contributed by atoms with Crippen molar-refractivity contribution in [2.75, 3.05) is 19.4 Å². The van der Waals surface area contributed by atoms with Gasteiger partial charge in [-0.1, -0.05) is 25.1 Å². The zero-order chi connectivity index (χ0) is 23.0. The Morgan fingerprint density at radius 2 is 2.03 bits per heavy atom. The van der Waals surface area contributed by atoms with Gasteiger partial charge < -0.3 is 10.2 Å². The van der Waals surface area contributed by atoms with Gasteiger partial charge in [0.15, 0.2) is 0 Å². The fraction of sp³-hybridized carbons (Fsp3) is 0.480. The molecule has 0 bridgehead atoms. The summed E-state index contributed by atoms with van der Waals surface area (Å²) in [6.07, 6.45) is 5.02. The molecule has 1 aromatic carbocycles. The third kappa shape index (κ3) is 4.11. The number of nitrogens with zero attached hydrogens (tertiary/aromatic N) is 3. The average molecular weight is 453 g/mol. The number of para-hydroxylation sites is 1. The van der Waals surface area contributed by atoms with Crippen molar-refractivity contribution >= 4 is 33.1 Å². The van der Waals surface area contributed by atoms with Crippen molar-refractivity contribution in [1.82, 2.24) is 14.5 Å². The van der Waals surface area contributed by atoms with Gasteiger partial charge in [0, 0.05) is 10.6 Å². The highest BCUT2D eigenvalue weighted by molar-refractivity contribution is 7.18. The Balaban J connectivity index is 1.80. The van der Waals surface area contributed by atoms with Crippen LogP contribution in [0, 0.1) is 6.92 Å². The highest BCUT2D eigenvalue weighted by Crippen LogP contribution is 2.34. The number of thiophene rings is 1. The SMILES string of the molecule is CCc1cccc(C)c1NC(=O)C(C)n1c(CN(C)C)nc2sc3c(c2c1=O)CCCC3. The molecule has 0 fully saturated rings. The van der Waals surface area contributed by atoms with Crippen molar-refractivity contribution in [2.24, 2.45) is 0 Å². The molecule has 1 aliphatic carbocycles. The standard InChI is InChI=1S/C25H32N4O2S/c1-6-17-11-9-10-15(2)22(17)27-23(30)16(3)29-20(14-28(4)5)26-24-21(25(29)31)18-12-7-8-13-19(18)32-24/h9-11,16H,6-8,12-14H2,1-5H3,(H,27,30). The van der Waals surface area contributed by atoms with Crippen LogP contribution in [0.2, 0.25) is 0 Å². The second-order valence-corrected chi connectivity index (χ2v) is 10.0. The van der Waals surface area contributed by atoms with Crippen LogP contribution in [-0.4, -0.2) is 34.5 Å². The van der Waals surface area contributed by atoms with E-state index in [1.165, 1.54) is 4.88 Å². The first kappa shape index (κ1) is 22.7. The Morgan fingerprint density at radius 3 is 2.75 bits per heavy atom. The van der Waals surface area contributed by atoms with Crippen molar-refractivity contribution in [1.29, 1.82) is 0 Å². The highest BCUT2D eigenvalue weighted by atomic mass is 32.1. The van der Waals surface area contributed by atoms with E-state index in [4.69, 9.17) is 4.98 Å². The van der Waals surface area contributed by atoms with Crippen molar-refractivity contribution in [3.05, 3.63) is 55.9 Å². The molecule has 4 rings (SSSR count). The maximum absolute atomic E-state index is 13.8. The van der Waals surface area contributed by atoms with Gasteiger partial charge in [-0.05, 0) is 76.7 Å². The van der Waals surface area contributed by atoms with E-state index in [0.717, 1.165) is 64.7 Å². The van der Waals surface area contributed by atoms with E-state index in [1.54, 1.807) is 22.8 Å². The topological polar surface area (TPSA) is 67.2 Å². The number of rotatable bonds is 6. The molecule has 7 heteroatoms. The second-order valence-electron chi connectivity index (χ2n) is 8.96. The number of fused-ring (bicyclic) bond motifs is 3. The van der Waals surface area contributed by atoms with Gasteiger partial charge in [0.25, 0.3) is 5.56 Å². The summed E-state index contributed by atoms with van der Waals surface area (Å²) < 4.78 is 1.61. The van der Waals surface area contributed by atoms with Crippen LogP contribution >= 0.6 is 11.3 Å². The third-order valence-electron chi connectivity index (χ3n) is 6.31. The van der Waals surface area contributed by atoms with Crippen molar-refractivity contribution in [2.45, 2.75) is 65.5 Å². The first-order valence-electron chi connectivity index (χ1n) is 11.4. The smallest absolute Gasteiger partial charge is 0.263 e. The molecule has 1 N–H and O–H groups in total. The fourth-order valence-electron chi connectivity index (χ4n) is 4.60. The van der Waals surface area contributed by atoms with Crippen LogP contribution in [0.5, 0.6) is 0 Å². The van der Waals surface area contributed by atoms with Gasteiger partial charge in [0.1, 0.15) is 16.7 Å². The molecule has 2 heterocycles. The lowest BCUT2D eigenvalue weighted by atomic mass is 9.97. The van der Waals surface area contributed by atoms with Gasteiger partial charge in [0.05, 0.1) is 11.9 Å². The Morgan fingerprint density at radius 1 is 1.28 bits per heavy atom. The number of benzene rings is 1. The molecular weight excluding hydrogens is 420 g/mol. The van der Waals surface area contributed by atoms with E-state index in [2.05, 4.69) is 12.2 Å². The van der Waals surface area contributed by atoms with Crippen LogP contribution in [0.1, 0.15) is 60.1 Å². The molecule has 170 valence electrons. The predicted molar refractivity (Wildman–Crippen MR) is 132 cm³/mol. The molecule has 0 spiro atoms. The quantitative estimate of drug-likeness (QED) is 0.599. The third-order valence-corrected chi connectivity index (χ3v) is 7.49. The molecular formula is C25H32N4O2S. The van der Waals surface area contributed by atoms with Crippen LogP contribution in [0.3, 0.4) is 0 Å². The number of aromatic nitrogens is 2.